The highest BCUT2D eigenvalue weighted by Crippen LogP contribution is 2.09. The van der Waals surface area contributed by atoms with E-state index in [1.807, 2.05) is 20.8 Å². The third-order valence-electron chi connectivity index (χ3n) is 5.79. The molecule has 3 unspecified atom stereocenters. The van der Waals surface area contributed by atoms with Gasteiger partial charge in [0.05, 0.1) is 13.1 Å². The average Bonchev–Trinajstić information content (AvgIpc) is 2.79. The van der Waals surface area contributed by atoms with E-state index in [1.165, 1.54) is 25.9 Å². The number of nitrogens with zero attached hydrogens (tertiary/aromatic N) is 2. The van der Waals surface area contributed by atoms with E-state index in [2.05, 4.69) is 16.0 Å². The third kappa shape index (κ3) is 12.0. The number of carboxylic acid groups (broad SMARTS) is 1. The largest absolute Gasteiger partial charge is 0.480 e. The molecule has 0 fully saturated rings. The molecular weight excluding hydrogens is 470 g/mol. The molecule has 0 aliphatic rings. The summed E-state index contributed by atoms with van der Waals surface area (Å²) in [5.41, 5.74) is 0. The molecule has 36 heavy (non-hydrogen) atoms. The highest BCUT2D eigenvalue weighted by molar-refractivity contribution is 5.93. The fourth-order valence-corrected chi connectivity index (χ4v) is 3.12. The maximum absolute atomic E-state index is 12.6. The Balaban J connectivity index is 4.91. The van der Waals surface area contributed by atoms with E-state index in [0.717, 1.165) is 4.90 Å². The Morgan fingerprint density at radius 3 is 1.86 bits per heavy atom. The lowest BCUT2D eigenvalue weighted by Gasteiger charge is -2.27. The summed E-state index contributed by atoms with van der Waals surface area (Å²) in [4.78, 5) is 75.4. The number of nitrogens with one attached hydrogen (secondary N) is 3. The van der Waals surface area contributed by atoms with E-state index >= 15 is 0 Å². The Labute approximate surface area is 213 Å². The molecule has 0 radical (unpaired) electrons. The summed E-state index contributed by atoms with van der Waals surface area (Å²) in [6.45, 7) is 9.75. The lowest BCUT2D eigenvalue weighted by molar-refractivity contribution is -0.143. The van der Waals surface area contributed by atoms with E-state index in [4.69, 9.17) is 5.11 Å². The zero-order valence-corrected chi connectivity index (χ0v) is 22.7. The first-order valence-corrected chi connectivity index (χ1v) is 12.2. The molecule has 0 heterocycles. The maximum atomic E-state index is 12.6. The molecule has 0 aliphatic carbocycles. The molecule has 12 heteroatoms. The molecule has 206 valence electrons. The predicted molar refractivity (Wildman–Crippen MR) is 134 cm³/mol. The smallest absolute Gasteiger partial charge is 0.325 e. The molecule has 0 saturated heterocycles. The number of carboxylic acids is 1. The van der Waals surface area contributed by atoms with Gasteiger partial charge in [0.15, 0.2) is 0 Å². The number of likely N-dealkylation sites (N-methyl/N-ethyl adjacent to an activating group) is 2. The van der Waals surface area contributed by atoms with Crippen LogP contribution in [0.5, 0.6) is 0 Å². The number of rotatable bonds is 15. The van der Waals surface area contributed by atoms with Crippen molar-refractivity contribution in [1.82, 2.24) is 25.8 Å². The molecule has 0 saturated carbocycles. The topological polar surface area (TPSA) is 165 Å². The third-order valence-corrected chi connectivity index (χ3v) is 5.79. The van der Waals surface area contributed by atoms with Crippen molar-refractivity contribution in [2.75, 3.05) is 27.2 Å². The van der Waals surface area contributed by atoms with Crippen molar-refractivity contribution in [3.63, 3.8) is 0 Å². The molecule has 4 atom stereocenters. The number of carbonyl (C=O) groups excluding carboxylic acids is 5. The van der Waals surface area contributed by atoms with Crippen molar-refractivity contribution in [2.45, 2.75) is 78.9 Å². The van der Waals surface area contributed by atoms with Gasteiger partial charge in [-0.1, -0.05) is 34.1 Å². The summed E-state index contributed by atoms with van der Waals surface area (Å²) in [7, 11) is 2.82. The Hall–Kier alpha value is -3.18. The highest BCUT2D eigenvalue weighted by atomic mass is 16.4. The van der Waals surface area contributed by atoms with Crippen LogP contribution in [0.25, 0.3) is 0 Å². The molecular formula is C24H43N5O7. The molecule has 0 rings (SSSR count). The van der Waals surface area contributed by atoms with Gasteiger partial charge in [-0.25, -0.2) is 0 Å². The minimum absolute atomic E-state index is 0.240. The first-order chi connectivity index (χ1) is 16.6. The minimum atomic E-state index is -1.20. The molecule has 12 nitrogen and oxygen atoms in total. The first kappa shape index (κ1) is 32.8. The fraction of sp³-hybridized carbons (Fsp3) is 0.750. The lowest BCUT2D eigenvalue weighted by atomic mass is 9.98. The van der Waals surface area contributed by atoms with E-state index in [1.54, 1.807) is 13.8 Å². The molecule has 0 aromatic carbocycles. The minimum Gasteiger partial charge on any atom is -0.480 e. The van der Waals surface area contributed by atoms with Gasteiger partial charge in [0.1, 0.15) is 18.1 Å². The van der Waals surface area contributed by atoms with E-state index in [-0.39, 0.29) is 24.9 Å². The van der Waals surface area contributed by atoms with Crippen molar-refractivity contribution in [3.8, 4) is 0 Å². The zero-order chi connectivity index (χ0) is 28.2. The number of hydrogen-bond acceptors (Lipinski definition) is 6. The van der Waals surface area contributed by atoms with Gasteiger partial charge in [0.25, 0.3) is 0 Å². The summed E-state index contributed by atoms with van der Waals surface area (Å²) in [6.07, 6.45) is 1.56. The van der Waals surface area contributed by atoms with Gasteiger partial charge >= 0.3 is 5.97 Å². The Morgan fingerprint density at radius 2 is 1.36 bits per heavy atom. The molecule has 4 N–H and O–H groups in total. The van der Waals surface area contributed by atoms with Crippen LogP contribution in [0.2, 0.25) is 0 Å². The van der Waals surface area contributed by atoms with Crippen LogP contribution in [0.1, 0.15) is 60.8 Å². The molecule has 0 aromatic heterocycles. The van der Waals surface area contributed by atoms with Gasteiger partial charge < -0.3 is 30.9 Å². The van der Waals surface area contributed by atoms with Crippen molar-refractivity contribution in [3.05, 3.63) is 0 Å². The van der Waals surface area contributed by atoms with E-state index < -0.39 is 47.7 Å². The number of hydrogen-bond donors (Lipinski definition) is 4. The van der Waals surface area contributed by atoms with Crippen molar-refractivity contribution in [1.29, 1.82) is 0 Å². The van der Waals surface area contributed by atoms with Gasteiger partial charge in [-0.2, -0.15) is 0 Å². The van der Waals surface area contributed by atoms with Crippen molar-refractivity contribution >= 4 is 35.5 Å². The van der Waals surface area contributed by atoms with E-state index in [9.17, 15) is 28.8 Å². The van der Waals surface area contributed by atoms with Crippen LogP contribution in [0.3, 0.4) is 0 Å². The standard InChI is InChI=1S/C24H43N5O7/c1-9-15(4)21(22(33)26-17(6)24(35)36)27-19(31)12-28(7)20(32)13-29(8)23(34)16(5)25-18(30)11-10-14(2)3/h14-17,21H,9-13H2,1-8H3,(H,25,30)(H,26,33)(H,27,31)(H,35,36)/t15?,16?,17-,21?/m1/s1. The SMILES string of the molecule is CCC(C)C(NC(=O)CN(C)C(=O)CN(C)C(=O)C(C)NC(=O)CCC(C)C)C(=O)N[C@H](C)C(=O)O. The second-order valence-corrected chi connectivity index (χ2v) is 9.67. The van der Waals surface area contributed by atoms with Crippen molar-refractivity contribution < 1.29 is 33.9 Å². The van der Waals surface area contributed by atoms with Crippen LogP contribution in [-0.4, -0.2) is 95.7 Å². The van der Waals surface area contributed by atoms with Crippen LogP contribution in [-0.2, 0) is 28.8 Å². The average molecular weight is 514 g/mol. The van der Waals surface area contributed by atoms with Crippen LogP contribution in [0.4, 0.5) is 0 Å². The molecule has 0 aliphatic heterocycles. The molecule has 0 spiro atoms. The normalized spacial score (nSPS) is 14.1. The van der Waals surface area contributed by atoms with Gasteiger partial charge in [0.2, 0.25) is 29.5 Å². The fourth-order valence-electron chi connectivity index (χ4n) is 3.12. The number of aliphatic carboxylic acids is 1. The van der Waals surface area contributed by atoms with Gasteiger partial charge in [-0.05, 0) is 32.1 Å². The Kier molecular flexibility index (Phi) is 14.4. The second kappa shape index (κ2) is 15.7. The summed E-state index contributed by atoms with van der Waals surface area (Å²) in [6, 6.07) is -2.91. The first-order valence-electron chi connectivity index (χ1n) is 12.2. The molecule has 5 amide bonds. The van der Waals surface area contributed by atoms with Gasteiger partial charge in [-0.3, -0.25) is 28.8 Å². The van der Waals surface area contributed by atoms with Crippen LogP contribution >= 0.6 is 0 Å². The summed E-state index contributed by atoms with van der Waals surface area (Å²) in [5, 5.41) is 16.5. The van der Waals surface area contributed by atoms with Crippen LogP contribution in [0.15, 0.2) is 0 Å². The Bertz CT molecular complexity index is 802. The summed E-state index contributed by atoms with van der Waals surface area (Å²) >= 11 is 0. The lowest BCUT2D eigenvalue weighted by Crippen LogP contribution is -2.55. The number of carbonyl (C=O) groups is 6. The maximum Gasteiger partial charge on any atom is 0.325 e. The van der Waals surface area contributed by atoms with Crippen molar-refractivity contribution in [2.24, 2.45) is 11.8 Å². The van der Waals surface area contributed by atoms with Crippen LogP contribution < -0.4 is 16.0 Å². The quantitative estimate of drug-likeness (QED) is 0.239. The molecule has 0 bridgehead atoms. The van der Waals surface area contributed by atoms with Crippen LogP contribution in [0, 0.1) is 11.8 Å². The van der Waals surface area contributed by atoms with Gasteiger partial charge in [0, 0.05) is 20.5 Å². The predicted octanol–water partition coefficient (Wildman–Crippen LogP) is -0.0357. The summed E-state index contributed by atoms with van der Waals surface area (Å²) in [5.74, 6) is -3.55. The second-order valence-electron chi connectivity index (χ2n) is 9.67. The zero-order valence-electron chi connectivity index (χ0n) is 22.7. The Morgan fingerprint density at radius 1 is 0.778 bits per heavy atom. The van der Waals surface area contributed by atoms with Gasteiger partial charge in [-0.15, -0.1) is 0 Å². The monoisotopic (exact) mass is 513 g/mol. The molecule has 0 aromatic rings. The van der Waals surface area contributed by atoms with E-state index in [0.29, 0.717) is 25.2 Å². The number of amides is 5. The highest BCUT2D eigenvalue weighted by Gasteiger charge is 2.29. The summed E-state index contributed by atoms with van der Waals surface area (Å²) < 4.78 is 0.